The van der Waals surface area contributed by atoms with E-state index in [1.165, 1.54) is 23.3 Å². The quantitative estimate of drug-likeness (QED) is 0.209. The van der Waals surface area contributed by atoms with Crippen LogP contribution in [0.15, 0.2) is 56.0 Å². The Morgan fingerprint density at radius 3 is 2.77 bits per heavy atom. The minimum absolute atomic E-state index is 0.0339. The summed E-state index contributed by atoms with van der Waals surface area (Å²) in [5.74, 6) is -1.01. The summed E-state index contributed by atoms with van der Waals surface area (Å²) in [4.78, 5) is 14.7. The van der Waals surface area contributed by atoms with Gasteiger partial charge in [-0.1, -0.05) is 29.3 Å². The Hall–Kier alpha value is -2.96. The van der Waals surface area contributed by atoms with Gasteiger partial charge in [-0.15, -0.1) is 0 Å². The second-order valence-electron chi connectivity index (χ2n) is 11.2. The Balaban J connectivity index is 1.18. The third-order valence-electron chi connectivity index (χ3n) is 8.46. The summed E-state index contributed by atoms with van der Waals surface area (Å²) in [6, 6.07) is 7.52. The first-order chi connectivity index (χ1) is 18.5. The molecule has 2 heterocycles. The Morgan fingerprint density at radius 2 is 2.03 bits per heavy atom. The summed E-state index contributed by atoms with van der Waals surface area (Å²) in [5, 5.41) is 25.9. The molecule has 0 spiro atoms. The zero-order valence-corrected chi connectivity index (χ0v) is 23.2. The van der Waals surface area contributed by atoms with Crippen LogP contribution < -0.4 is 9.64 Å². The molecule has 39 heavy (non-hydrogen) atoms. The number of hydrogen-bond acceptors (Lipinski definition) is 10. The van der Waals surface area contributed by atoms with Crippen LogP contribution in [0.2, 0.25) is 0 Å². The lowest BCUT2D eigenvalue weighted by Gasteiger charge is -2.33. The van der Waals surface area contributed by atoms with Gasteiger partial charge in [0, 0.05) is 24.9 Å². The lowest BCUT2D eigenvalue weighted by atomic mass is 9.77. The van der Waals surface area contributed by atoms with E-state index in [0.717, 1.165) is 19.3 Å². The van der Waals surface area contributed by atoms with Gasteiger partial charge in [0.2, 0.25) is 0 Å². The van der Waals surface area contributed by atoms with Crippen molar-refractivity contribution in [3.8, 4) is 5.88 Å². The highest BCUT2D eigenvalue weighted by molar-refractivity contribution is 7.91. The lowest BCUT2D eigenvalue weighted by molar-refractivity contribution is -0.832. The topological polar surface area (TPSA) is 146 Å². The maximum absolute atomic E-state index is 13.0. The first-order valence-corrected chi connectivity index (χ1v) is 14.8. The molecule has 11 nitrogen and oxygen atoms in total. The van der Waals surface area contributed by atoms with E-state index in [2.05, 4.69) is 16.7 Å². The average Bonchev–Trinajstić information content (AvgIpc) is 3.49. The molecule has 2 fully saturated rings. The molecular weight excluding hydrogens is 526 g/mol. The Bertz CT molecular complexity index is 1350. The van der Waals surface area contributed by atoms with Gasteiger partial charge >= 0.3 is 16.9 Å². The van der Waals surface area contributed by atoms with Crippen molar-refractivity contribution in [3.05, 3.63) is 46.7 Å². The Morgan fingerprint density at radius 1 is 1.28 bits per heavy atom. The lowest BCUT2D eigenvalue weighted by Crippen LogP contribution is -2.41. The van der Waals surface area contributed by atoms with E-state index in [9.17, 15) is 23.5 Å². The largest absolute Gasteiger partial charge is 0.461 e. The molecule has 5 atom stereocenters. The fourth-order valence-electron chi connectivity index (χ4n) is 6.42. The second kappa shape index (κ2) is 10.5. The zero-order valence-electron chi connectivity index (χ0n) is 22.4. The normalized spacial score (nSPS) is 28.8. The van der Waals surface area contributed by atoms with Crippen molar-refractivity contribution in [2.24, 2.45) is 17.8 Å². The highest BCUT2D eigenvalue weighted by Gasteiger charge is 2.56. The molecule has 1 aliphatic heterocycles. The maximum Gasteiger partial charge on any atom is 0.414 e. The molecule has 1 saturated heterocycles. The van der Waals surface area contributed by atoms with E-state index in [4.69, 9.17) is 9.47 Å². The predicted molar refractivity (Wildman–Crippen MR) is 137 cm³/mol. The van der Waals surface area contributed by atoms with Gasteiger partial charge < -0.3 is 24.7 Å². The van der Waals surface area contributed by atoms with Crippen molar-refractivity contribution in [3.63, 3.8) is 0 Å². The van der Waals surface area contributed by atoms with Crippen molar-refractivity contribution in [2.45, 2.75) is 67.6 Å². The number of benzene rings is 1. The summed E-state index contributed by atoms with van der Waals surface area (Å²) in [7, 11) is -2.27. The number of sulfone groups is 1. The van der Waals surface area contributed by atoms with E-state index in [-0.39, 0.29) is 52.1 Å². The van der Waals surface area contributed by atoms with Crippen LogP contribution in [0.4, 0.5) is 0 Å². The second-order valence-corrected chi connectivity index (χ2v) is 13.0. The van der Waals surface area contributed by atoms with Gasteiger partial charge in [-0.05, 0) is 70.0 Å². The van der Waals surface area contributed by atoms with Crippen LogP contribution in [0.3, 0.4) is 0 Å². The summed E-state index contributed by atoms with van der Waals surface area (Å²) in [6.07, 6.45) is 3.47. The molecule has 0 radical (unpaired) electrons. The number of carbonyl (C=O) groups is 1. The molecule has 0 bridgehead atoms. The molecule has 2 aliphatic carbocycles. The first-order valence-electron chi connectivity index (χ1n) is 13.3. The number of hydrogen-bond donors (Lipinski definition) is 1. The summed E-state index contributed by atoms with van der Waals surface area (Å²) in [5.41, 5.74) is 1.69. The van der Waals surface area contributed by atoms with E-state index >= 15 is 0 Å². The maximum atomic E-state index is 13.0. The van der Waals surface area contributed by atoms with E-state index in [0.29, 0.717) is 25.9 Å². The molecule has 0 amide bonds. The number of nitrogens with zero attached hydrogens (tertiary/aromatic N) is 3. The molecule has 0 unspecified atom stereocenters. The van der Waals surface area contributed by atoms with Crippen molar-refractivity contribution in [1.82, 2.24) is 10.1 Å². The molecule has 5 rings (SSSR count). The number of aromatic nitrogens is 2. The summed E-state index contributed by atoms with van der Waals surface area (Å²) >= 11 is 0. The molecule has 12 heteroatoms. The summed E-state index contributed by atoms with van der Waals surface area (Å²) < 4.78 is 41.8. The van der Waals surface area contributed by atoms with Crippen molar-refractivity contribution in [1.29, 1.82) is 0 Å². The van der Waals surface area contributed by atoms with Crippen LogP contribution >= 0.6 is 0 Å². The van der Waals surface area contributed by atoms with Gasteiger partial charge in [0.05, 0.1) is 28.2 Å². The fourth-order valence-corrected chi connectivity index (χ4v) is 7.72. The highest BCUT2D eigenvalue weighted by Crippen LogP contribution is 2.52. The number of aliphatic hydroxyl groups is 1. The van der Waals surface area contributed by atoms with E-state index in [1.807, 2.05) is 18.9 Å². The van der Waals surface area contributed by atoms with Crippen LogP contribution in [0.25, 0.3) is 0 Å². The summed E-state index contributed by atoms with van der Waals surface area (Å²) in [6.45, 7) is 5.13. The number of esters is 1. The number of rotatable bonds is 9. The van der Waals surface area contributed by atoms with Gasteiger partial charge in [-0.3, -0.25) is 9.42 Å². The number of ether oxygens (including phenoxy) is 2. The van der Waals surface area contributed by atoms with E-state index in [1.54, 1.807) is 18.2 Å². The third-order valence-corrected chi connectivity index (χ3v) is 10.2. The number of allylic oxidation sites excluding steroid dienone is 1. The van der Waals surface area contributed by atoms with Crippen molar-refractivity contribution < 1.29 is 37.3 Å². The molecular formula is C27H35N3O8S. The smallest absolute Gasteiger partial charge is 0.414 e. The SMILES string of the molecule is CC1=C2CC[C@@](C)(O)[C@@H]2[C@H]2OC(=O)[C@@H](CN(C)CCCOc3no[n+]([O-])c3S(=O)(=O)c3ccccc3)[C@@H]2CC1. The van der Waals surface area contributed by atoms with Crippen LogP contribution in [-0.4, -0.2) is 68.0 Å². The highest BCUT2D eigenvalue weighted by atomic mass is 32.2. The third kappa shape index (κ3) is 5.17. The van der Waals surface area contributed by atoms with Crippen LogP contribution in [0, 0.1) is 23.0 Å². The average molecular weight is 562 g/mol. The van der Waals surface area contributed by atoms with Gasteiger partial charge in [-0.2, -0.15) is 0 Å². The molecule has 1 saturated carbocycles. The van der Waals surface area contributed by atoms with Crippen molar-refractivity contribution in [2.75, 3.05) is 26.7 Å². The minimum atomic E-state index is -4.18. The van der Waals surface area contributed by atoms with Crippen LogP contribution in [0.1, 0.15) is 46.0 Å². The van der Waals surface area contributed by atoms with Gasteiger partial charge in [0.1, 0.15) is 6.10 Å². The number of carbonyl (C=O) groups excluding carboxylic acids is 1. The molecule has 3 aliphatic rings. The predicted octanol–water partition coefficient (Wildman–Crippen LogP) is 2.27. The van der Waals surface area contributed by atoms with Gasteiger partial charge in [0.15, 0.2) is 0 Å². The molecule has 1 N–H and O–H groups in total. The van der Waals surface area contributed by atoms with Gasteiger partial charge in [0.25, 0.3) is 9.84 Å². The van der Waals surface area contributed by atoms with Gasteiger partial charge in [-0.25, -0.2) is 8.42 Å². The molecule has 2 aromatic rings. The Kier molecular flexibility index (Phi) is 7.47. The zero-order chi connectivity index (χ0) is 27.9. The number of fused-ring (bicyclic) bond motifs is 3. The minimum Gasteiger partial charge on any atom is -0.461 e. The monoisotopic (exact) mass is 561 g/mol. The fraction of sp³-hybridized carbons (Fsp3) is 0.593. The molecule has 1 aromatic heterocycles. The Labute approximate surface area is 227 Å². The van der Waals surface area contributed by atoms with Crippen molar-refractivity contribution >= 4 is 15.8 Å². The van der Waals surface area contributed by atoms with E-state index < -0.39 is 20.5 Å². The first kappa shape index (κ1) is 27.6. The van der Waals surface area contributed by atoms with Crippen LogP contribution in [0.5, 0.6) is 5.88 Å². The molecule has 212 valence electrons. The molecule has 1 aromatic carbocycles. The van der Waals surface area contributed by atoms with Crippen LogP contribution in [-0.2, 0) is 19.4 Å². The standard InChI is InChI=1S/C27H35N3O8S/c1-17-10-11-20-21(26(31)37-23(20)22-19(17)12-13-27(22,2)32)16-29(3)14-7-15-36-24-25(30(33)38-28-24)39(34,35)18-8-5-4-6-9-18/h4-6,8-9,20-23,32H,7,10-16H2,1-3H3/t20-,21-,22-,23-,27+/m0/s1.